The number of nitrogens with one attached hydrogen (secondary N) is 1. The van der Waals surface area contributed by atoms with Crippen LogP contribution >= 0.6 is 11.6 Å². The van der Waals surface area contributed by atoms with Crippen LogP contribution in [0, 0.1) is 17.0 Å². The first kappa shape index (κ1) is 11.3. The van der Waals surface area contributed by atoms with E-state index in [2.05, 4.69) is 10.4 Å². The van der Waals surface area contributed by atoms with Crippen LogP contribution in [-0.4, -0.2) is 27.8 Å². The zero-order chi connectivity index (χ0) is 11.7. The summed E-state index contributed by atoms with van der Waals surface area (Å²) in [5.41, 5.74) is 0.474. The van der Waals surface area contributed by atoms with Gasteiger partial charge in [0.15, 0.2) is 0 Å². The largest absolute Gasteiger partial charge is 0.328 e. The molecule has 0 bridgehead atoms. The number of piperidine rings is 1. The Bertz CT molecular complexity index is 412. The summed E-state index contributed by atoms with van der Waals surface area (Å²) < 4.78 is 1.70. The molecule has 7 heteroatoms. The lowest BCUT2D eigenvalue weighted by molar-refractivity contribution is -0.385. The average Bonchev–Trinajstić information content (AvgIpc) is 2.55. The van der Waals surface area contributed by atoms with E-state index in [1.165, 1.54) is 0 Å². The minimum atomic E-state index is -0.470. The summed E-state index contributed by atoms with van der Waals surface area (Å²) in [7, 11) is 0. The molecule has 0 saturated carbocycles. The lowest BCUT2D eigenvalue weighted by atomic mass is 10.1. The minimum Gasteiger partial charge on any atom is -0.317 e. The van der Waals surface area contributed by atoms with Crippen LogP contribution < -0.4 is 5.32 Å². The summed E-state index contributed by atoms with van der Waals surface area (Å²) >= 11 is 5.78. The van der Waals surface area contributed by atoms with Gasteiger partial charge in [-0.2, -0.15) is 5.10 Å². The summed E-state index contributed by atoms with van der Waals surface area (Å²) in [5.74, 6) is 0. The van der Waals surface area contributed by atoms with Gasteiger partial charge in [0.05, 0.1) is 11.0 Å². The van der Waals surface area contributed by atoms with Gasteiger partial charge >= 0.3 is 5.69 Å². The van der Waals surface area contributed by atoms with Crippen molar-refractivity contribution in [2.24, 2.45) is 0 Å². The van der Waals surface area contributed by atoms with E-state index in [1.807, 2.05) is 0 Å². The topological polar surface area (TPSA) is 73.0 Å². The fourth-order valence-electron chi connectivity index (χ4n) is 2.09. The second-order valence-electron chi connectivity index (χ2n) is 3.91. The van der Waals surface area contributed by atoms with Gasteiger partial charge in [-0.15, -0.1) is 0 Å². The van der Waals surface area contributed by atoms with Gasteiger partial charge in [-0.05, 0) is 32.9 Å². The molecule has 0 aromatic carbocycles. The maximum atomic E-state index is 10.8. The molecule has 88 valence electrons. The van der Waals surface area contributed by atoms with E-state index in [4.69, 9.17) is 11.6 Å². The van der Waals surface area contributed by atoms with Crippen molar-refractivity contribution in [2.75, 3.05) is 13.1 Å². The third-order valence-electron chi connectivity index (χ3n) is 2.91. The SMILES string of the molecule is Cc1c([N+](=O)[O-])c(Cl)nn1C1CCNCC1. The average molecular weight is 245 g/mol. The molecule has 0 unspecified atom stereocenters. The van der Waals surface area contributed by atoms with E-state index < -0.39 is 4.92 Å². The van der Waals surface area contributed by atoms with Crippen molar-refractivity contribution in [1.82, 2.24) is 15.1 Å². The minimum absolute atomic E-state index is 0.0129. The van der Waals surface area contributed by atoms with Crippen molar-refractivity contribution in [2.45, 2.75) is 25.8 Å². The molecule has 1 saturated heterocycles. The zero-order valence-electron chi connectivity index (χ0n) is 8.94. The third kappa shape index (κ3) is 1.90. The van der Waals surface area contributed by atoms with E-state index in [-0.39, 0.29) is 16.9 Å². The van der Waals surface area contributed by atoms with Crippen molar-refractivity contribution in [1.29, 1.82) is 0 Å². The number of aromatic nitrogens is 2. The van der Waals surface area contributed by atoms with E-state index in [0.29, 0.717) is 5.69 Å². The Labute approximate surface area is 97.7 Å². The molecule has 6 nitrogen and oxygen atoms in total. The smallest absolute Gasteiger partial charge is 0.317 e. The fraction of sp³-hybridized carbons (Fsp3) is 0.667. The lowest BCUT2D eigenvalue weighted by Gasteiger charge is -2.23. The van der Waals surface area contributed by atoms with Crippen LogP contribution in [0.2, 0.25) is 5.15 Å². The highest BCUT2D eigenvalue weighted by molar-refractivity contribution is 6.31. The molecule has 1 aromatic heterocycles. The van der Waals surface area contributed by atoms with Crippen LogP contribution in [-0.2, 0) is 0 Å². The highest BCUT2D eigenvalue weighted by atomic mass is 35.5. The molecule has 0 spiro atoms. The lowest BCUT2D eigenvalue weighted by Crippen LogP contribution is -2.30. The normalized spacial score (nSPS) is 17.6. The molecule has 1 aromatic rings. The zero-order valence-corrected chi connectivity index (χ0v) is 9.70. The van der Waals surface area contributed by atoms with Crippen molar-refractivity contribution in [3.05, 3.63) is 21.0 Å². The number of rotatable bonds is 2. The van der Waals surface area contributed by atoms with Crippen LogP contribution in [0.3, 0.4) is 0 Å². The summed E-state index contributed by atoms with van der Waals surface area (Å²) in [6, 6.07) is 0.215. The first-order chi connectivity index (χ1) is 7.61. The second-order valence-corrected chi connectivity index (χ2v) is 4.27. The summed E-state index contributed by atoms with van der Waals surface area (Å²) in [5, 5.41) is 18.1. The molecular weight excluding hydrogens is 232 g/mol. The summed E-state index contributed by atoms with van der Waals surface area (Å²) in [6.45, 7) is 3.52. The summed E-state index contributed by atoms with van der Waals surface area (Å²) in [6.07, 6.45) is 1.85. The standard InChI is InChI=1S/C9H13ClN4O2/c1-6-8(14(15)16)9(10)12-13(6)7-2-4-11-5-3-7/h7,11H,2-5H2,1H3. The number of halogens is 1. The maximum absolute atomic E-state index is 10.8. The predicted octanol–water partition coefficient (Wildman–Crippen LogP) is 1.68. The molecule has 1 aliphatic rings. The fourth-order valence-corrected chi connectivity index (χ4v) is 2.38. The van der Waals surface area contributed by atoms with Crippen molar-refractivity contribution in [3.8, 4) is 0 Å². The van der Waals surface area contributed by atoms with Crippen LogP contribution in [0.15, 0.2) is 0 Å². The first-order valence-corrected chi connectivity index (χ1v) is 5.58. The molecule has 0 amide bonds. The van der Waals surface area contributed by atoms with E-state index in [1.54, 1.807) is 11.6 Å². The van der Waals surface area contributed by atoms with Gasteiger partial charge in [0.25, 0.3) is 0 Å². The predicted molar refractivity (Wildman–Crippen MR) is 59.8 cm³/mol. The van der Waals surface area contributed by atoms with Gasteiger partial charge < -0.3 is 5.32 Å². The van der Waals surface area contributed by atoms with E-state index in [9.17, 15) is 10.1 Å². The van der Waals surface area contributed by atoms with Gasteiger partial charge in [-0.1, -0.05) is 11.6 Å². The Morgan fingerprint density at radius 3 is 2.69 bits per heavy atom. The molecule has 1 N–H and O–H groups in total. The Hall–Kier alpha value is -1.14. The molecular formula is C9H13ClN4O2. The maximum Gasteiger partial charge on any atom is 0.328 e. The number of nitrogens with zero attached hydrogens (tertiary/aromatic N) is 3. The van der Waals surface area contributed by atoms with Crippen molar-refractivity contribution < 1.29 is 4.92 Å². The van der Waals surface area contributed by atoms with Crippen molar-refractivity contribution in [3.63, 3.8) is 0 Å². The van der Waals surface area contributed by atoms with Crippen LogP contribution in [0.5, 0.6) is 0 Å². The Morgan fingerprint density at radius 1 is 1.56 bits per heavy atom. The Morgan fingerprint density at radius 2 is 2.19 bits per heavy atom. The number of nitro groups is 1. The summed E-state index contributed by atoms with van der Waals surface area (Å²) in [4.78, 5) is 10.3. The van der Waals surface area contributed by atoms with Crippen LogP contribution in [0.25, 0.3) is 0 Å². The third-order valence-corrected chi connectivity index (χ3v) is 3.17. The van der Waals surface area contributed by atoms with Crippen LogP contribution in [0.1, 0.15) is 24.6 Å². The van der Waals surface area contributed by atoms with Crippen molar-refractivity contribution >= 4 is 17.3 Å². The quantitative estimate of drug-likeness (QED) is 0.635. The first-order valence-electron chi connectivity index (χ1n) is 5.21. The highest BCUT2D eigenvalue weighted by Crippen LogP contribution is 2.31. The molecule has 0 aliphatic carbocycles. The van der Waals surface area contributed by atoms with E-state index in [0.717, 1.165) is 25.9 Å². The Balaban J connectivity index is 2.34. The van der Waals surface area contributed by atoms with Gasteiger partial charge in [0, 0.05) is 0 Å². The molecule has 2 rings (SSSR count). The van der Waals surface area contributed by atoms with E-state index >= 15 is 0 Å². The van der Waals surface area contributed by atoms with Gasteiger partial charge in [0.1, 0.15) is 5.69 Å². The molecule has 1 fully saturated rings. The van der Waals surface area contributed by atoms with Crippen LogP contribution in [0.4, 0.5) is 5.69 Å². The molecule has 16 heavy (non-hydrogen) atoms. The highest BCUT2D eigenvalue weighted by Gasteiger charge is 2.27. The monoisotopic (exact) mass is 244 g/mol. The number of hydrogen-bond donors (Lipinski definition) is 1. The molecule has 0 radical (unpaired) electrons. The van der Waals surface area contributed by atoms with Gasteiger partial charge in [0.2, 0.25) is 5.15 Å². The number of hydrogen-bond acceptors (Lipinski definition) is 4. The Kier molecular flexibility index (Phi) is 3.11. The van der Waals surface area contributed by atoms with Gasteiger partial charge in [-0.25, -0.2) is 0 Å². The molecule has 0 atom stereocenters. The molecule has 1 aliphatic heterocycles. The second kappa shape index (κ2) is 4.39. The molecule has 2 heterocycles. The van der Waals surface area contributed by atoms with Gasteiger partial charge in [-0.3, -0.25) is 14.8 Å².